The van der Waals surface area contributed by atoms with E-state index in [1.165, 1.54) is 29.2 Å². The maximum absolute atomic E-state index is 13.2. The lowest BCUT2D eigenvalue weighted by Gasteiger charge is -2.31. The monoisotopic (exact) mass is 344 g/mol. The largest absolute Gasteiger partial charge is 0.376 e. The first kappa shape index (κ1) is 16.9. The van der Waals surface area contributed by atoms with Crippen molar-refractivity contribution in [3.05, 3.63) is 36.0 Å². The number of anilines is 2. The van der Waals surface area contributed by atoms with Crippen LogP contribution in [0.2, 0.25) is 0 Å². The van der Waals surface area contributed by atoms with Crippen molar-refractivity contribution in [3.63, 3.8) is 0 Å². The van der Waals surface area contributed by atoms with Gasteiger partial charge in [-0.1, -0.05) is 0 Å². The van der Waals surface area contributed by atoms with Gasteiger partial charge in [-0.3, -0.25) is 9.48 Å². The van der Waals surface area contributed by atoms with Gasteiger partial charge in [0.15, 0.2) is 5.82 Å². The van der Waals surface area contributed by atoms with Crippen LogP contribution in [0.3, 0.4) is 0 Å². The second-order valence-corrected chi connectivity index (χ2v) is 5.91. The average molecular weight is 344 g/mol. The van der Waals surface area contributed by atoms with Crippen LogP contribution >= 0.6 is 0 Å². The van der Waals surface area contributed by atoms with Crippen molar-refractivity contribution in [2.45, 2.75) is 25.5 Å². The summed E-state index contributed by atoms with van der Waals surface area (Å²) in [4.78, 5) is 15.2. The summed E-state index contributed by atoms with van der Waals surface area (Å²) in [6, 6.07) is 4.65. The highest BCUT2D eigenvalue weighted by atomic mass is 19.1. The minimum absolute atomic E-state index is 0.00976. The normalized spacial score (nSPS) is 23.0. The minimum atomic E-state index is -0.679. The fourth-order valence-corrected chi connectivity index (χ4v) is 2.81. The van der Waals surface area contributed by atoms with Crippen molar-refractivity contribution in [2.24, 2.45) is 11.7 Å². The van der Waals surface area contributed by atoms with Gasteiger partial charge >= 0.3 is 0 Å². The third kappa shape index (κ3) is 3.59. The van der Waals surface area contributed by atoms with E-state index in [9.17, 15) is 14.4 Å². The summed E-state index contributed by atoms with van der Waals surface area (Å²) >= 11 is 0. The zero-order valence-electron chi connectivity index (χ0n) is 13.5. The van der Waals surface area contributed by atoms with Crippen LogP contribution in [0.5, 0.6) is 0 Å². The zero-order valence-corrected chi connectivity index (χ0v) is 13.5. The molecule has 0 spiro atoms. The van der Waals surface area contributed by atoms with Crippen molar-refractivity contribution in [1.82, 2.24) is 14.8 Å². The van der Waals surface area contributed by atoms with Crippen LogP contribution in [0.15, 0.2) is 24.5 Å². The number of hydrogen-bond donors (Lipinski definition) is 2. The number of nitrogens with zero attached hydrogens (tertiary/aromatic N) is 4. The molecular weight excluding hydrogens is 327 g/mol. The smallest absolute Gasteiger partial charge is 0.254 e. The Morgan fingerprint density at radius 2 is 2.40 bits per heavy atom. The first-order valence-corrected chi connectivity index (χ1v) is 7.76. The molecule has 1 fully saturated rings. The van der Waals surface area contributed by atoms with Crippen molar-refractivity contribution in [1.29, 1.82) is 5.26 Å². The molecule has 1 saturated heterocycles. The van der Waals surface area contributed by atoms with Gasteiger partial charge in [-0.15, -0.1) is 0 Å². The lowest BCUT2D eigenvalue weighted by Crippen LogP contribution is -2.33. The van der Waals surface area contributed by atoms with Gasteiger partial charge in [-0.25, -0.2) is 4.98 Å². The molecule has 9 heteroatoms. The molecule has 0 bridgehead atoms. The Morgan fingerprint density at radius 1 is 1.60 bits per heavy atom. The van der Waals surface area contributed by atoms with Gasteiger partial charge < -0.3 is 15.8 Å². The highest BCUT2D eigenvalue weighted by molar-refractivity contribution is 5.98. The number of nitrogens with one attached hydrogen (secondary N) is 1. The zero-order chi connectivity index (χ0) is 18.0. The Balaban J connectivity index is 1.92. The molecule has 0 radical (unpaired) electrons. The number of halogens is 1. The van der Waals surface area contributed by atoms with E-state index < -0.39 is 11.9 Å². The van der Waals surface area contributed by atoms with E-state index in [1.807, 2.05) is 6.92 Å². The Bertz CT molecular complexity index is 830. The summed E-state index contributed by atoms with van der Waals surface area (Å²) in [6.07, 6.45) is 3.34. The SMILES string of the molecule is CC1CC(C#N)C(n2cc(C(N)=O)c(Nc3ccnc(F)c3)n2)CO1. The van der Waals surface area contributed by atoms with Gasteiger partial charge in [0.1, 0.15) is 5.56 Å². The highest BCUT2D eigenvalue weighted by Gasteiger charge is 2.32. The molecule has 1 aliphatic heterocycles. The van der Waals surface area contributed by atoms with Crippen LogP contribution in [0, 0.1) is 23.2 Å². The predicted octanol–water partition coefficient (Wildman–Crippen LogP) is 1.75. The molecule has 0 aliphatic carbocycles. The molecule has 0 aromatic carbocycles. The van der Waals surface area contributed by atoms with Crippen LogP contribution in [0.25, 0.3) is 0 Å². The van der Waals surface area contributed by atoms with Crippen LogP contribution < -0.4 is 11.1 Å². The third-order valence-electron chi connectivity index (χ3n) is 4.09. The molecule has 3 N–H and O–H groups in total. The fraction of sp³-hybridized carbons (Fsp3) is 0.375. The number of rotatable bonds is 4. The van der Waals surface area contributed by atoms with E-state index in [0.29, 0.717) is 18.7 Å². The Morgan fingerprint density at radius 3 is 3.08 bits per heavy atom. The number of ether oxygens (including phenoxy) is 1. The number of carbonyl (C=O) groups excluding carboxylic acids is 1. The Hall–Kier alpha value is -2.99. The van der Waals surface area contributed by atoms with Crippen molar-refractivity contribution < 1.29 is 13.9 Å². The van der Waals surface area contributed by atoms with Crippen LogP contribution in [0.4, 0.5) is 15.9 Å². The van der Waals surface area contributed by atoms with E-state index in [-0.39, 0.29) is 29.4 Å². The summed E-state index contributed by atoms with van der Waals surface area (Å²) in [5.74, 6) is -1.45. The van der Waals surface area contributed by atoms with Crippen LogP contribution in [-0.4, -0.2) is 33.4 Å². The number of nitriles is 1. The lowest BCUT2D eigenvalue weighted by molar-refractivity contribution is -0.0215. The molecular formula is C16H17FN6O2. The second-order valence-electron chi connectivity index (χ2n) is 5.91. The molecule has 3 rings (SSSR count). The van der Waals surface area contributed by atoms with Crippen LogP contribution in [-0.2, 0) is 4.74 Å². The summed E-state index contributed by atoms with van der Waals surface area (Å²) < 4.78 is 20.4. The molecule has 1 aliphatic rings. The molecule has 25 heavy (non-hydrogen) atoms. The molecule has 0 saturated carbocycles. The van der Waals surface area contributed by atoms with Gasteiger partial charge in [0.05, 0.1) is 30.7 Å². The summed E-state index contributed by atoms with van der Waals surface area (Å²) in [5, 5.41) is 16.6. The topological polar surface area (TPSA) is 119 Å². The standard InChI is InChI=1S/C16H17FN6O2/c1-9-4-10(6-18)13(8-25-9)23-7-12(15(19)24)16(22-23)21-11-2-3-20-14(17)5-11/h2-3,5,7,9-10,13H,4,8H2,1H3,(H2,19,24)(H,20,21,22). The van der Waals surface area contributed by atoms with E-state index in [0.717, 1.165) is 0 Å². The molecule has 2 aromatic rings. The molecule has 3 unspecified atom stereocenters. The predicted molar refractivity (Wildman–Crippen MR) is 86.4 cm³/mol. The lowest BCUT2D eigenvalue weighted by atomic mass is 9.93. The number of primary amides is 1. The van der Waals surface area contributed by atoms with Gasteiger partial charge in [-0.2, -0.15) is 14.8 Å². The number of hydrogen-bond acceptors (Lipinski definition) is 6. The number of nitrogens with two attached hydrogens (primary N) is 1. The van der Waals surface area contributed by atoms with Crippen molar-refractivity contribution >= 4 is 17.4 Å². The van der Waals surface area contributed by atoms with Crippen molar-refractivity contribution in [3.8, 4) is 6.07 Å². The van der Waals surface area contributed by atoms with E-state index in [1.54, 1.807) is 0 Å². The number of aromatic nitrogens is 3. The van der Waals surface area contributed by atoms with Gasteiger partial charge in [0.25, 0.3) is 5.91 Å². The fourth-order valence-electron chi connectivity index (χ4n) is 2.81. The quantitative estimate of drug-likeness (QED) is 0.816. The summed E-state index contributed by atoms with van der Waals surface area (Å²) in [6.45, 7) is 2.21. The Kier molecular flexibility index (Phi) is 4.63. The number of amides is 1. The Labute approximate surface area is 143 Å². The summed E-state index contributed by atoms with van der Waals surface area (Å²) in [5.41, 5.74) is 5.94. The molecule has 130 valence electrons. The van der Waals surface area contributed by atoms with Crippen LogP contribution in [0.1, 0.15) is 29.7 Å². The number of carbonyl (C=O) groups is 1. The van der Waals surface area contributed by atoms with Gasteiger partial charge in [0, 0.05) is 24.1 Å². The van der Waals surface area contributed by atoms with E-state index in [4.69, 9.17) is 10.5 Å². The highest BCUT2D eigenvalue weighted by Crippen LogP contribution is 2.30. The number of pyridine rings is 1. The van der Waals surface area contributed by atoms with Gasteiger partial charge in [-0.05, 0) is 19.4 Å². The minimum Gasteiger partial charge on any atom is -0.376 e. The molecule has 2 aromatic heterocycles. The second kappa shape index (κ2) is 6.86. The molecule has 3 heterocycles. The van der Waals surface area contributed by atoms with E-state index in [2.05, 4.69) is 21.5 Å². The van der Waals surface area contributed by atoms with Crippen molar-refractivity contribution in [2.75, 3.05) is 11.9 Å². The van der Waals surface area contributed by atoms with Gasteiger partial charge in [0.2, 0.25) is 5.95 Å². The maximum atomic E-state index is 13.2. The first-order valence-electron chi connectivity index (χ1n) is 7.76. The average Bonchev–Trinajstić information content (AvgIpc) is 2.98. The first-order chi connectivity index (χ1) is 12.0. The van der Waals surface area contributed by atoms with E-state index >= 15 is 0 Å². The molecule has 8 nitrogen and oxygen atoms in total. The summed E-state index contributed by atoms with van der Waals surface area (Å²) in [7, 11) is 0. The molecule has 3 atom stereocenters. The third-order valence-corrected chi connectivity index (χ3v) is 4.09. The molecule has 1 amide bonds. The maximum Gasteiger partial charge on any atom is 0.254 e.